The highest BCUT2D eigenvalue weighted by Crippen LogP contribution is 2.33. The Bertz CT molecular complexity index is 579. The summed E-state index contributed by atoms with van der Waals surface area (Å²) < 4.78 is 6.78. The second-order valence-electron chi connectivity index (χ2n) is 4.89. The minimum Gasteiger partial charge on any atom is -0.444 e. The summed E-state index contributed by atoms with van der Waals surface area (Å²) in [5, 5.41) is 3.54. The van der Waals surface area contributed by atoms with Gasteiger partial charge in [0.15, 0.2) is 0 Å². The van der Waals surface area contributed by atoms with E-state index in [1.807, 2.05) is 6.20 Å². The molecule has 0 aliphatic heterocycles. The van der Waals surface area contributed by atoms with Crippen LogP contribution in [0.1, 0.15) is 42.2 Å². The van der Waals surface area contributed by atoms with Gasteiger partial charge in [0.05, 0.1) is 12.7 Å². The molecule has 1 heterocycles. The molecule has 0 bridgehead atoms. The summed E-state index contributed by atoms with van der Waals surface area (Å²) in [6.45, 7) is 2.77. The Kier molecular flexibility index (Phi) is 3.71. The molecule has 100 valence electrons. The summed E-state index contributed by atoms with van der Waals surface area (Å²) in [6.07, 6.45) is 5.00. The number of rotatable bonds is 4. The van der Waals surface area contributed by atoms with Crippen molar-refractivity contribution in [1.82, 2.24) is 10.3 Å². The third kappa shape index (κ3) is 2.74. The monoisotopic (exact) mass is 320 g/mol. The molecule has 1 aliphatic carbocycles. The Hall–Kier alpha value is -1.13. The van der Waals surface area contributed by atoms with E-state index in [4.69, 9.17) is 4.42 Å². The zero-order chi connectivity index (χ0) is 13.2. The fraction of sp³-hybridized carbons (Fsp3) is 0.400. The minimum atomic E-state index is 0.417. The highest BCUT2D eigenvalue weighted by molar-refractivity contribution is 9.10. The van der Waals surface area contributed by atoms with E-state index < -0.39 is 0 Å². The van der Waals surface area contributed by atoms with E-state index in [0.717, 1.165) is 35.4 Å². The van der Waals surface area contributed by atoms with Gasteiger partial charge in [-0.2, -0.15) is 0 Å². The first kappa shape index (κ1) is 12.9. The Labute approximate surface area is 121 Å². The lowest BCUT2D eigenvalue weighted by molar-refractivity contribution is 0.416. The van der Waals surface area contributed by atoms with E-state index in [2.05, 4.69) is 51.4 Å². The SMILES string of the molecule is CCc1cnc(CNC2CCc3cc(Br)ccc32)o1. The number of halogens is 1. The van der Waals surface area contributed by atoms with Crippen LogP contribution in [-0.4, -0.2) is 4.98 Å². The first-order valence-electron chi connectivity index (χ1n) is 6.71. The number of nitrogens with zero attached hydrogens (tertiary/aromatic N) is 1. The Morgan fingerprint density at radius 1 is 1.47 bits per heavy atom. The quantitative estimate of drug-likeness (QED) is 0.931. The number of hydrogen-bond donors (Lipinski definition) is 1. The Morgan fingerprint density at radius 3 is 3.16 bits per heavy atom. The van der Waals surface area contributed by atoms with Crippen molar-refractivity contribution in [3.05, 3.63) is 51.6 Å². The van der Waals surface area contributed by atoms with Crippen LogP contribution in [0.25, 0.3) is 0 Å². The zero-order valence-corrected chi connectivity index (χ0v) is 12.5. The highest BCUT2D eigenvalue weighted by atomic mass is 79.9. The van der Waals surface area contributed by atoms with Crippen molar-refractivity contribution in [2.45, 2.75) is 38.8 Å². The summed E-state index contributed by atoms with van der Waals surface area (Å²) in [5.41, 5.74) is 2.85. The van der Waals surface area contributed by atoms with Crippen LogP contribution in [0.5, 0.6) is 0 Å². The zero-order valence-electron chi connectivity index (χ0n) is 10.9. The highest BCUT2D eigenvalue weighted by Gasteiger charge is 2.22. The maximum atomic E-state index is 5.62. The van der Waals surface area contributed by atoms with Crippen molar-refractivity contribution in [3.63, 3.8) is 0 Å². The number of oxazole rings is 1. The van der Waals surface area contributed by atoms with E-state index in [-0.39, 0.29) is 0 Å². The van der Waals surface area contributed by atoms with Gasteiger partial charge in [-0.15, -0.1) is 0 Å². The first-order valence-corrected chi connectivity index (χ1v) is 7.51. The average Bonchev–Trinajstić information content (AvgIpc) is 3.02. The maximum absolute atomic E-state index is 5.62. The molecule has 1 aliphatic rings. The second kappa shape index (κ2) is 5.47. The van der Waals surface area contributed by atoms with Gasteiger partial charge < -0.3 is 9.73 Å². The smallest absolute Gasteiger partial charge is 0.208 e. The second-order valence-corrected chi connectivity index (χ2v) is 5.80. The van der Waals surface area contributed by atoms with Crippen molar-refractivity contribution in [3.8, 4) is 0 Å². The van der Waals surface area contributed by atoms with Gasteiger partial charge in [-0.25, -0.2) is 4.98 Å². The fourth-order valence-corrected chi connectivity index (χ4v) is 3.01. The molecule has 0 saturated heterocycles. The summed E-state index contributed by atoms with van der Waals surface area (Å²) in [6, 6.07) is 6.95. The van der Waals surface area contributed by atoms with Crippen LogP contribution < -0.4 is 5.32 Å². The van der Waals surface area contributed by atoms with Crippen molar-refractivity contribution in [1.29, 1.82) is 0 Å². The molecule has 0 amide bonds. The molecule has 0 fully saturated rings. The molecule has 3 nitrogen and oxygen atoms in total. The fourth-order valence-electron chi connectivity index (χ4n) is 2.60. The molecule has 1 unspecified atom stereocenters. The Balaban J connectivity index is 1.66. The van der Waals surface area contributed by atoms with Gasteiger partial charge in [-0.3, -0.25) is 0 Å². The van der Waals surface area contributed by atoms with Crippen LogP contribution in [-0.2, 0) is 19.4 Å². The molecule has 1 aromatic carbocycles. The van der Waals surface area contributed by atoms with Gasteiger partial charge in [0.2, 0.25) is 5.89 Å². The molecule has 1 N–H and O–H groups in total. The molecule has 0 spiro atoms. The van der Waals surface area contributed by atoms with E-state index in [9.17, 15) is 0 Å². The van der Waals surface area contributed by atoms with Crippen LogP contribution in [0, 0.1) is 0 Å². The molecule has 2 aromatic rings. The van der Waals surface area contributed by atoms with Crippen LogP contribution in [0.4, 0.5) is 0 Å². The Morgan fingerprint density at radius 2 is 2.37 bits per heavy atom. The predicted molar refractivity (Wildman–Crippen MR) is 77.9 cm³/mol. The van der Waals surface area contributed by atoms with E-state index in [0.29, 0.717) is 12.6 Å². The number of aromatic nitrogens is 1. The van der Waals surface area contributed by atoms with Gasteiger partial charge in [0, 0.05) is 16.9 Å². The lowest BCUT2D eigenvalue weighted by Crippen LogP contribution is -2.18. The number of hydrogen-bond acceptors (Lipinski definition) is 3. The molecule has 4 heteroatoms. The van der Waals surface area contributed by atoms with E-state index >= 15 is 0 Å². The normalized spacial score (nSPS) is 17.7. The molecule has 1 atom stereocenters. The van der Waals surface area contributed by atoms with Crippen LogP contribution in [0.15, 0.2) is 33.3 Å². The summed E-state index contributed by atoms with van der Waals surface area (Å²) in [7, 11) is 0. The molecular formula is C15H17BrN2O. The van der Waals surface area contributed by atoms with Gasteiger partial charge in [0.1, 0.15) is 5.76 Å². The van der Waals surface area contributed by atoms with Crippen molar-refractivity contribution >= 4 is 15.9 Å². The summed E-state index contributed by atoms with van der Waals surface area (Å²) in [4.78, 5) is 4.28. The van der Waals surface area contributed by atoms with Crippen LogP contribution in [0.2, 0.25) is 0 Å². The van der Waals surface area contributed by atoms with Gasteiger partial charge in [-0.1, -0.05) is 28.9 Å². The maximum Gasteiger partial charge on any atom is 0.208 e. The third-order valence-electron chi connectivity index (χ3n) is 3.63. The molecule has 19 heavy (non-hydrogen) atoms. The summed E-state index contributed by atoms with van der Waals surface area (Å²) >= 11 is 3.53. The van der Waals surface area contributed by atoms with E-state index in [1.165, 1.54) is 11.1 Å². The van der Waals surface area contributed by atoms with E-state index in [1.54, 1.807) is 0 Å². The van der Waals surface area contributed by atoms with Crippen LogP contribution >= 0.6 is 15.9 Å². The van der Waals surface area contributed by atoms with Crippen molar-refractivity contribution < 1.29 is 4.42 Å². The number of aryl methyl sites for hydroxylation is 2. The van der Waals surface area contributed by atoms with Crippen molar-refractivity contribution in [2.24, 2.45) is 0 Å². The molecule has 0 saturated carbocycles. The van der Waals surface area contributed by atoms with Gasteiger partial charge >= 0.3 is 0 Å². The van der Waals surface area contributed by atoms with Crippen LogP contribution in [0.3, 0.4) is 0 Å². The number of benzene rings is 1. The predicted octanol–water partition coefficient (Wildman–Crippen LogP) is 3.78. The topological polar surface area (TPSA) is 38.1 Å². The lowest BCUT2D eigenvalue weighted by Gasteiger charge is -2.12. The lowest BCUT2D eigenvalue weighted by atomic mass is 10.1. The number of nitrogens with one attached hydrogen (secondary N) is 1. The summed E-state index contributed by atoms with van der Waals surface area (Å²) in [5.74, 6) is 1.73. The third-order valence-corrected chi connectivity index (χ3v) is 4.13. The molecule has 3 rings (SSSR count). The standard InChI is InChI=1S/C15H17BrN2O/c1-2-12-8-18-15(19-12)9-17-14-6-3-10-7-11(16)4-5-13(10)14/h4-5,7-8,14,17H,2-3,6,9H2,1H3. The van der Waals surface area contributed by atoms with Crippen molar-refractivity contribution in [2.75, 3.05) is 0 Å². The van der Waals surface area contributed by atoms with Gasteiger partial charge in [0.25, 0.3) is 0 Å². The molecular weight excluding hydrogens is 304 g/mol. The molecule has 0 radical (unpaired) electrons. The minimum absolute atomic E-state index is 0.417. The molecule has 1 aromatic heterocycles. The average molecular weight is 321 g/mol. The van der Waals surface area contributed by atoms with Gasteiger partial charge in [-0.05, 0) is 36.1 Å². The number of fused-ring (bicyclic) bond motifs is 1. The largest absolute Gasteiger partial charge is 0.444 e. The first-order chi connectivity index (χ1) is 9.26.